The highest BCUT2D eigenvalue weighted by atomic mass is 35.5. The monoisotopic (exact) mass is 308 g/mol. The van der Waals surface area contributed by atoms with Crippen LogP contribution in [0.25, 0.3) is 0 Å². The van der Waals surface area contributed by atoms with Crippen molar-refractivity contribution in [2.45, 2.75) is 6.92 Å². The molecule has 5 nitrogen and oxygen atoms in total. The average molecular weight is 309 g/mol. The average Bonchev–Trinajstić information content (AvgIpc) is 2.41. The highest BCUT2D eigenvalue weighted by Gasteiger charge is 2.17. The quantitative estimate of drug-likeness (QED) is 0.689. The van der Waals surface area contributed by atoms with Gasteiger partial charge in [0.1, 0.15) is 5.82 Å². The molecule has 7 heteroatoms. The second-order valence-electron chi connectivity index (χ2n) is 4.34. The van der Waals surface area contributed by atoms with E-state index in [1.165, 1.54) is 19.1 Å². The Morgan fingerprint density at radius 2 is 2.05 bits per heavy atom. The van der Waals surface area contributed by atoms with E-state index in [9.17, 15) is 19.3 Å². The summed E-state index contributed by atoms with van der Waals surface area (Å²) in [6.45, 7) is 1.42. The van der Waals surface area contributed by atoms with E-state index in [2.05, 4.69) is 5.32 Å². The lowest BCUT2D eigenvalue weighted by Crippen LogP contribution is -2.13. The summed E-state index contributed by atoms with van der Waals surface area (Å²) in [5, 5.41) is 13.5. The summed E-state index contributed by atoms with van der Waals surface area (Å²) in [6.07, 6.45) is 0. The van der Waals surface area contributed by atoms with Gasteiger partial charge in [0.2, 0.25) is 0 Å². The number of halogens is 2. The van der Waals surface area contributed by atoms with Crippen molar-refractivity contribution in [2.24, 2.45) is 0 Å². The first-order valence-electron chi connectivity index (χ1n) is 5.90. The van der Waals surface area contributed by atoms with E-state index in [1.807, 2.05) is 0 Å². The lowest BCUT2D eigenvalue weighted by molar-refractivity contribution is -0.385. The van der Waals surface area contributed by atoms with Gasteiger partial charge in [0, 0.05) is 22.2 Å². The number of anilines is 1. The molecule has 1 N–H and O–H groups in total. The smallest absolute Gasteiger partial charge is 0.274 e. The van der Waals surface area contributed by atoms with Crippen molar-refractivity contribution < 1.29 is 14.1 Å². The summed E-state index contributed by atoms with van der Waals surface area (Å²) < 4.78 is 13.8. The Balaban J connectivity index is 2.33. The lowest BCUT2D eigenvalue weighted by atomic mass is 10.1. The van der Waals surface area contributed by atoms with Gasteiger partial charge >= 0.3 is 0 Å². The van der Waals surface area contributed by atoms with Crippen LogP contribution in [-0.2, 0) is 0 Å². The van der Waals surface area contributed by atoms with Gasteiger partial charge in [-0.3, -0.25) is 14.9 Å². The first-order valence-corrected chi connectivity index (χ1v) is 6.27. The molecule has 1 amide bonds. The van der Waals surface area contributed by atoms with Crippen LogP contribution in [0.2, 0.25) is 5.02 Å². The fourth-order valence-corrected chi connectivity index (χ4v) is 1.97. The molecular formula is C14H10ClFN2O3. The van der Waals surface area contributed by atoms with Gasteiger partial charge in [-0.05, 0) is 31.2 Å². The van der Waals surface area contributed by atoms with Crippen molar-refractivity contribution in [3.05, 3.63) is 68.5 Å². The van der Waals surface area contributed by atoms with Crippen molar-refractivity contribution in [1.29, 1.82) is 0 Å². The molecule has 0 radical (unpaired) electrons. The molecule has 0 atom stereocenters. The Kier molecular flexibility index (Phi) is 4.18. The minimum atomic E-state index is -0.742. The molecule has 0 aliphatic heterocycles. The SMILES string of the molecule is Cc1cc(F)c(NC(=O)c2cccc(Cl)c2)cc1[N+](=O)[O-]. The summed E-state index contributed by atoms with van der Waals surface area (Å²) in [5.41, 5.74) is -0.113. The van der Waals surface area contributed by atoms with E-state index in [0.717, 1.165) is 12.1 Å². The van der Waals surface area contributed by atoms with Crippen LogP contribution < -0.4 is 5.32 Å². The second kappa shape index (κ2) is 5.88. The summed E-state index contributed by atoms with van der Waals surface area (Å²) in [4.78, 5) is 22.2. The van der Waals surface area contributed by atoms with E-state index in [4.69, 9.17) is 11.6 Å². The van der Waals surface area contributed by atoms with Crippen molar-refractivity contribution >= 4 is 28.9 Å². The van der Waals surface area contributed by atoms with Crippen molar-refractivity contribution in [2.75, 3.05) is 5.32 Å². The summed E-state index contributed by atoms with van der Waals surface area (Å²) in [5.74, 6) is -1.34. The minimum absolute atomic E-state index is 0.179. The zero-order valence-corrected chi connectivity index (χ0v) is 11.6. The number of hydrogen-bond acceptors (Lipinski definition) is 3. The number of hydrogen-bond donors (Lipinski definition) is 1. The van der Waals surface area contributed by atoms with E-state index >= 15 is 0 Å². The van der Waals surface area contributed by atoms with Crippen LogP contribution in [0.5, 0.6) is 0 Å². The molecule has 2 aromatic carbocycles. The van der Waals surface area contributed by atoms with Gasteiger partial charge in [0.15, 0.2) is 0 Å². The molecule has 0 fully saturated rings. The summed E-state index contributed by atoms with van der Waals surface area (Å²) in [6, 6.07) is 8.08. The maximum atomic E-state index is 13.8. The number of nitro groups is 1. The maximum Gasteiger partial charge on any atom is 0.274 e. The zero-order chi connectivity index (χ0) is 15.6. The number of benzene rings is 2. The highest BCUT2D eigenvalue weighted by molar-refractivity contribution is 6.31. The third kappa shape index (κ3) is 3.35. The van der Waals surface area contributed by atoms with E-state index < -0.39 is 16.6 Å². The van der Waals surface area contributed by atoms with Crippen molar-refractivity contribution in [3.63, 3.8) is 0 Å². The molecule has 0 saturated carbocycles. The van der Waals surface area contributed by atoms with Gasteiger partial charge in [-0.1, -0.05) is 17.7 Å². The van der Waals surface area contributed by atoms with Gasteiger partial charge < -0.3 is 5.32 Å². The number of amides is 1. The predicted molar refractivity (Wildman–Crippen MR) is 77.2 cm³/mol. The van der Waals surface area contributed by atoms with Crippen LogP contribution in [0, 0.1) is 22.9 Å². The summed E-state index contributed by atoms with van der Waals surface area (Å²) >= 11 is 5.77. The van der Waals surface area contributed by atoms with Gasteiger partial charge in [-0.25, -0.2) is 4.39 Å². The standard InChI is InChI=1S/C14H10ClFN2O3/c1-8-5-11(16)12(7-13(8)18(20)21)17-14(19)9-3-2-4-10(15)6-9/h2-7H,1H3,(H,17,19). The number of carbonyl (C=O) groups is 1. The number of nitrogens with zero attached hydrogens (tertiary/aromatic N) is 1. The van der Waals surface area contributed by atoms with E-state index in [0.29, 0.717) is 5.02 Å². The molecule has 0 spiro atoms. The van der Waals surface area contributed by atoms with Crippen LogP contribution in [0.4, 0.5) is 15.8 Å². The van der Waals surface area contributed by atoms with Gasteiger partial charge in [-0.2, -0.15) is 0 Å². The second-order valence-corrected chi connectivity index (χ2v) is 4.78. The first kappa shape index (κ1) is 14.9. The van der Waals surface area contributed by atoms with Crippen molar-refractivity contribution in [1.82, 2.24) is 0 Å². The largest absolute Gasteiger partial charge is 0.319 e. The fourth-order valence-electron chi connectivity index (χ4n) is 1.78. The minimum Gasteiger partial charge on any atom is -0.319 e. The molecule has 21 heavy (non-hydrogen) atoms. The lowest BCUT2D eigenvalue weighted by Gasteiger charge is -2.08. The van der Waals surface area contributed by atoms with Crippen LogP contribution in [0.1, 0.15) is 15.9 Å². The molecule has 0 saturated heterocycles. The molecule has 0 aliphatic carbocycles. The fraction of sp³-hybridized carbons (Fsp3) is 0.0714. The zero-order valence-electron chi connectivity index (χ0n) is 10.9. The normalized spacial score (nSPS) is 10.2. The van der Waals surface area contributed by atoms with E-state index in [1.54, 1.807) is 12.1 Å². The maximum absolute atomic E-state index is 13.8. The van der Waals surface area contributed by atoms with Gasteiger partial charge in [0.05, 0.1) is 10.6 Å². The molecular weight excluding hydrogens is 299 g/mol. The first-order chi connectivity index (χ1) is 9.88. The number of rotatable bonds is 3. The number of carbonyl (C=O) groups excluding carboxylic acids is 1. The molecule has 0 bridgehead atoms. The van der Waals surface area contributed by atoms with Crippen LogP contribution in [0.15, 0.2) is 36.4 Å². The van der Waals surface area contributed by atoms with Crippen LogP contribution in [-0.4, -0.2) is 10.8 Å². The Bertz CT molecular complexity index is 734. The predicted octanol–water partition coefficient (Wildman–Crippen LogP) is 3.95. The Hall–Kier alpha value is -2.47. The van der Waals surface area contributed by atoms with Crippen LogP contribution in [0.3, 0.4) is 0 Å². The Labute approximate surface area is 124 Å². The molecule has 0 aromatic heterocycles. The molecule has 0 aliphatic rings. The van der Waals surface area contributed by atoms with Crippen molar-refractivity contribution in [3.8, 4) is 0 Å². The third-order valence-electron chi connectivity index (χ3n) is 2.82. The number of aryl methyl sites for hydroxylation is 1. The molecule has 108 valence electrons. The van der Waals surface area contributed by atoms with Gasteiger partial charge in [0.25, 0.3) is 11.6 Å². The Morgan fingerprint density at radius 1 is 1.33 bits per heavy atom. The molecule has 0 heterocycles. The molecule has 2 rings (SSSR count). The summed E-state index contributed by atoms with van der Waals surface area (Å²) in [7, 11) is 0. The highest BCUT2D eigenvalue weighted by Crippen LogP contribution is 2.26. The Morgan fingerprint density at radius 3 is 2.67 bits per heavy atom. The topological polar surface area (TPSA) is 72.2 Å². The molecule has 0 unspecified atom stereocenters. The molecule has 2 aromatic rings. The van der Waals surface area contributed by atoms with E-state index in [-0.39, 0.29) is 22.5 Å². The van der Waals surface area contributed by atoms with Crippen LogP contribution >= 0.6 is 11.6 Å². The third-order valence-corrected chi connectivity index (χ3v) is 3.05. The number of nitro benzene ring substituents is 1. The number of nitrogens with one attached hydrogen (secondary N) is 1. The van der Waals surface area contributed by atoms with Gasteiger partial charge in [-0.15, -0.1) is 0 Å².